The summed E-state index contributed by atoms with van der Waals surface area (Å²) < 4.78 is 0. The van der Waals surface area contributed by atoms with Crippen molar-refractivity contribution < 1.29 is 9.59 Å². The van der Waals surface area contributed by atoms with Crippen molar-refractivity contribution in [2.45, 2.75) is 13.5 Å². The fourth-order valence-corrected chi connectivity index (χ4v) is 2.84. The van der Waals surface area contributed by atoms with E-state index in [9.17, 15) is 9.59 Å². The number of rotatable bonds is 5. The fraction of sp³-hybridized carbons (Fsp3) is 0.136. The Kier molecular flexibility index (Phi) is 5.61. The largest absolute Gasteiger partial charge is 0.337 e. The second-order valence-corrected chi connectivity index (χ2v) is 6.33. The summed E-state index contributed by atoms with van der Waals surface area (Å²) in [6.07, 6.45) is 3.12. The van der Waals surface area contributed by atoms with Gasteiger partial charge in [-0.2, -0.15) is 0 Å². The standard InChI is InChI=1S/C22H21N3O2/c1-16-7-6-10-19(20(16)24-21(26)18-11-13-23-14-12-18)22(27)25(2)15-17-8-4-3-5-9-17/h3-14H,15H2,1-2H3,(H,24,26). The maximum absolute atomic E-state index is 13.0. The van der Waals surface area contributed by atoms with Crippen LogP contribution in [0.2, 0.25) is 0 Å². The molecule has 0 aliphatic carbocycles. The first kappa shape index (κ1) is 18.3. The molecular formula is C22H21N3O2. The summed E-state index contributed by atoms with van der Waals surface area (Å²) in [6, 6.07) is 18.5. The van der Waals surface area contributed by atoms with Crippen LogP contribution >= 0.6 is 0 Å². The van der Waals surface area contributed by atoms with Gasteiger partial charge < -0.3 is 10.2 Å². The molecule has 0 fully saturated rings. The number of amides is 2. The summed E-state index contributed by atoms with van der Waals surface area (Å²) in [5, 5.41) is 2.88. The van der Waals surface area contributed by atoms with Crippen molar-refractivity contribution in [3.63, 3.8) is 0 Å². The monoisotopic (exact) mass is 359 g/mol. The number of carbonyl (C=O) groups is 2. The molecule has 1 aromatic heterocycles. The number of aryl methyl sites for hydroxylation is 1. The number of anilines is 1. The normalized spacial score (nSPS) is 10.3. The van der Waals surface area contributed by atoms with Crippen LogP contribution in [0.3, 0.4) is 0 Å². The predicted octanol–water partition coefficient (Wildman–Crippen LogP) is 3.91. The molecule has 27 heavy (non-hydrogen) atoms. The average Bonchev–Trinajstić information content (AvgIpc) is 2.70. The van der Waals surface area contributed by atoms with Gasteiger partial charge in [0.1, 0.15) is 0 Å². The van der Waals surface area contributed by atoms with E-state index in [2.05, 4.69) is 10.3 Å². The molecule has 0 unspecified atom stereocenters. The highest BCUT2D eigenvalue weighted by Crippen LogP contribution is 2.23. The Hall–Kier alpha value is -3.47. The number of hydrogen-bond acceptors (Lipinski definition) is 3. The molecule has 5 nitrogen and oxygen atoms in total. The van der Waals surface area contributed by atoms with Crippen molar-refractivity contribution in [1.82, 2.24) is 9.88 Å². The zero-order valence-electron chi connectivity index (χ0n) is 15.3. The topological polar surface area (TPSA) is 62.3 Å². The molecular weight excluding hydrogens is 338 g/mol. The van der Waals surface area contributed by atoms with Crippen LogP contribution in [0, 0.1) is 6.92 Å². The molecule has 3 rings (SSSR count). The lowest BCUT2D eigenvalue weighted by molar-refractivity contribution is 0.0786. The molecule has 1 N–H and O–H groups in total. The van der Waals surface area contributed by atoms with Crippen LogP contribution < -0.4 is 5.32 Å². The number of pyridine rings is 1. The van der Waals surface area contributed by atoms with Crippen LogP contribution in [0.5, 0.6) is 0 Å². The van der Waals surface area contributed by atoms with Gasteiger partial charge in [-0.05, 0) is 36.2 Å². The minimum atomic E-state index is -0.272. The first-order chi connectivity index (χ1) is 13.1. The molecule has 0 radical (unpaired) electrons. The predicted molar refractivity (Wildman–Crippen MR) is 106 cm³/mol. The van der Waals surface area contributed by atoms with E-state index in [4.69, 9.17) is 0 Å². The van der Waals surface area contributed by atoms with E-state index in [0.29, 0.717) is 23.4 Å². The number of nitrogens with one attached hydrogen (secondary N) is 1. The van der Waals surface area contributed by atoms with Crippen LogP contribution in [0.4, 0.5) is 5.69 Å². The second kappa shape index (κ2) is 8.27. The molecule has 0 aliphatic heterocycles. The van der Waals surface area contributed by atoms with Crippen molar-refractivity contribution in [3.05, 3.63) is 95.3 Å². The smallest absolute Gasteiger partial charge is 0.256 e. The van der Waals surface area contributed by atoms with Gasteiger partial charge in [-0.15, -0.1) is 0 Å². The summed E-state index contributed by atoms with van der Waals surface area (Å²) in [5.74, 6) is -0.418. The van der Waals surface area contributed by atoms with Crippen LogP contribution in [0.25, 0.3) is 0 Å². The van der Waals surface area contributed by atoms with Crippen molar-refractivity contribution in [2.75, 3.05) is 12.4 Å². The van der Waals surface area contributed by atoms with Gasteiger partial charge in [0.2, 0.25) is 0 Å². The minimum Gasteiger partial charge on any atom is -0.337 e. The van der Waals surface area contributed by atoms with E-state index < -0.39 is 0 Å². The van der Waals surface area contributed by atoms with Gasteiger partial charge in [0.05, 0.1) is 11.3 Å². The Morgan fingerprint density at radius 3 is 2.37 bits per heavy atom. The molecule has 3 aromatic rings. The van der Waals surface area contributed by atoms with E-state index >= 15 is 0 Å². The average molecular weight is 359 g/mol. The summed E-state index contributed by atoms with van der Waals surface area (Å²) in [7, 11) is 1.76. The van der Waals surface area contributed by atoms with Gasteiger partial charge in [0, 0.05) is 31.5 Å². The summed E-state index contributed by atoms with van der Waals surface area (Å²) >= 11 is 0. The van der Waals surface area contributed by atoms with Gasteiger partial charge >= 0.3 is 0 Å². The Balaban J connectivity index is 1.84. The highest BCUT2D eigenvalue weighted by Gasteiger charge is 2.19. The number of nitrogens with zero attached hydrogens (tertiary/aromatic N) is 2. The van der Waals surface area contributed by atoms with E-state index in [1.165, 1.54) is 0 Å². The molecule has 0 spiro atoms. The summed E-state index contributed by atoms with van der Waals surface area (Å²) in [6.45, 7) is 2.36. The van der Waals surface area contributed by atoms with Crippen molar-refractivity contribution in [3.8, 4) is 0 Å². The highest BCUT2D eigenvalue weighted by atomic mass is 16.2. The van der Waals surface area contributed by atoms with E-state index in [-0.39, 0.29) is 11.8 Å². The third kappa shape index (κ3) is 4.39. The van der Waals surface area contributed by atoms with E-state index in [0.717, 1.165) is 11.1 Å². The number of hydrogen-bond donors (Lipinski definition) is 1. The van der Waals surface area contributed by atoms with Crippen molar-refractivity contribution >= 4 is 17.5 Å². The molecule has 0 saturated carbocycles. The first-order valence-electron chi connectivity index (χ1n) is 8.66. The molecule has 2 aromatic carbocycles. The first-order valence-corrected chi connectivity index (χ1v) is 8.66. The quantitative estimate of drug-likeness (QED) is 0.751. The Bertz CT molecular complexity index is 940. The van der Waals surface area contributed by atoms with E-state index in [1.807, 2.05) is 49.4 Å². The molecule has 0 bridgehead atoms. The minimum absolute atomic E-state index is 0.146. The summed E-state index contributed by atoms with van der Waals surface area (Å²) in [4.78, 5) is 31.1. The third-order valence-corrected chi connectivity index (χ3v) is 4.29. The molecule has 5 heteroatoms. The number of aromatic nitrogens is 1. The maximum Gasteiger partial charge on any atom is 0.256 e. The van der Waals surface area contributed by atoms with Crippen LogP contribution in [-0.4, -0.2) is 28.7 Å². The lowest BCUT2D eigenvalue weighted by Gasteiger charge is -2.20. The third-order valence-electron chi connectivity index (χ3n) is 4.29. The molecule has 1 heterocycles. The number of benzene rings is 2. The molecule has 0 saturated heterocycles. The highest BCUT2D eigenvalue weighted by molar-refractivity contribution is 6.09. The zero-order chi connectivity index (χ0) is 19.2. The molecule has 136 valence electrons. The Morgan fingerprint density at radius 1 is 0.963 bits per heavy atom. The van der Waals surface area contributed by atoms with Gasteiger partial charge in [-0.25, -0.2) is 0 Å². The lowest BCUT2D eigenvalue weighted by Crippen LogP contribution is -2.28. The maximum atomic E-state index is 13.0. The van der Waals surface area contributed by atoms with Gasteiger partial charge in [0.25, 0.3) is 11.8 Å². The molecule has 0 aliphatic rings. The van der Waals surface area contributed by atoms with Gasteiger partial charge in [-0.1, -0.05) is 42.5 Å². The number of carbonyl (C=O) groups excluding carboxylic acids is 2. The SMILES string of the molecule is Cc1cccc(C(=O)N(C)Cc2ccccc2)c1NC(=O)c1ccncc1. The molecule has 0 atom stereocenters. The fourth-order valence-electron chi connectivity index (χ4n) is 2.84. The van der Waals surface area contributed by atoms with Crippen LogP contribution in [0.1, 0.15) is 31.8 Å². The van der Waals surface area contributed by atoms with Crippen molar-refractivity contribution in [1.29, 1.82) is 0 Å². The van der Waals surface area contributed by atoms with Crippen molar-refractivity contribution in [2.24, 2.45) is 0 Å². The second-order valence-electron chi connectivity index (χ2n) is 6.33. The van der Waals surface area contributed by atoms with E-state index in [1.54, 1.807) is 42.5 Å². The summed E-state index contributed by atoms with van der Waals surface area (Å²) in [5.41, 5.74) is 3.36. The Morgan fingerprint density at radius 2 is 1.67 bits per heavy atom. The number of para-hydroxylation sites is 1. The van der Waals surface area contributed by atoms with Crippen LogP contribution in [-0.2, 0) is 6.54 Å². The lowest BCUT2D eigenvalue weighted by atomic mass is 10.1. The van der Waals surface area contributed by atoms with Gasteiger partial charge in [0.15, 0.2) is 0 Å². The molecule has 2 amide bonds. The van der Waals surface area contributed by atoms with Crippen LogP contribution in [0.15, 0.2) is 73.1 Å². The zero-order valence-corrected chi connectivity index (χ0v) is 15.3. The Labute approximate surface area is 158 Å². The van der Waals surface area contributed by atoms with Gasteiger partial charge in [-0.3, -0.25) is 14.6 Å².